The first-order valence-electron chi connectivity index (χ1n) is 21.3. The summed E-state index contributed by atoms with van der Waals surface area (Å²) in [7, 11) is 0. The summed E-state index contributed by atoms with van der Waals surface area (Å²) in [5.41, 5.74) is 0.647. The van der Waals surface area contributed by atoms with E-state index in [2.05, 4.69) is 20.5 Å². The van der Waals surface area contributed by atoms with E-state index in [-0.39, 0.29) is 48.0 Å². The molecule has 2 aromatic carbocycles. The Morgan fingerprint density at radius 3 is 2.40 bits per heavy atom. The van der Waals surface area contributed by atoms with Gasteiger partial charge in [0.05, 0.1) is 41.2 Å². The summed E-state index contributed by atoms with van der Waals surface area (Å²) in [6, 6.07) is 11.3. The van der Waals surface area contributed by atoms with Gasteiger partial charge in [-0.05, 0) is 99.1 Å². The van der Waals surface area contributed by atoms with E-state index in [1.54, 1.807) is 30.3 Å². The highest BCUT2D eigenvalue weighted by atomic mass is 35.5. The van der Waals surface area contributed by atoms with Crippen LogP contribution in [-0.4, -0.2) is 107 Å². The minimum atomic E-state index is -4.68. The number of carbonyl (C=O) groups excluding carboxylic acids is 4. The first kappa shape index (κ1) is 42.1. The number of halogens is 4. The molecule has 0 atom stereocenters. The van der Waals surface area contributed by atoms with Crippen LogP contribution in [-0.2, 0) is 15.7 Å². The number of rotatable bonds is 9. The van der Waals surface area contributed by atoms with E-state index in [1.807, 2.05) is 15.8 Å². The third-order valence-corrected chi connectivity index (χ3v) is 13.6. The van der Waals surface area contributed by atoms with Crippen molar-refractivity contribution < 1.29 is 41.8 Å². The normalized spacial score (nSPS) is 20.6. The van der Waals surface area contributed by atoms with Gasteiger partial charge in [0.25, 0.3) is 11.8 Å². The first-order valence-corrected chi connectivity index (χ1v) is 21.7. The second-order valence-corrected chi connectivity index (χ2v) is 17.7. The quantitative estimate of drug-likeness (QED) is 0.176. The summed E-state index contributed by atoms with van der Waals surface area (Å²) in [5, 5.41) is 11.0. The van der Waals surface area contributed by atoms with Gasteiger partial charge >= 0.3 is 12.2 Å². The summed E-state index contributed by atoms with van der Waals surface area (Å²) in [5.74, 6) is -0.209. The number of anilines is 2. The Hall–Kier alpha value is -5.26. The summed E-state index contributed by atoms with van der Waals surface area (Å²) in [6.45, 7) is 5.32. The second kappa shape index (κ2) is 17.1. The predicted octanol–water partition coefficient (Wildman–Crippen LogP) is 7.33. The fourth-order valence-corrected chi connectivity index (χ4v) is 9.76. The van der Waals surface area contributed by atoms with Gasteiger partial charge < -0.3 is 24.6 Å². The van der Waals surface area contributed by atoms with Gasteiger partial charge in [0.1, 0.15) is 23.2 Å². The molecule has 5 aliphatic rings. The van der Waals surface area contributed by atoms with Crippen molar-refractivity contribution in [3.8, 4) is 5.75 Å². The molecular formula is C44H48ClF3N8O6. The Labute approximate surface area is 361 Å². The van der Waals surface area contributed by atoms with Crippen molar-refractivity contribution in [2.24, 2.45) is 11.3 Å². The van der Waals surface area contributed by atoms with Crippen molar-refractivity contribution in [1.82, 2.24) is 29.9 Å². The molecule has 14 nitrogen and oxygen atoms in total. The molecule has 328 valence electrons. The van der Waals surface area contributed by atoms with Crippen molar-refractivity contribution in [2.75, 3.05) is 62.7 Å². The predicted molar refractivity (Wildman–Crippen MR) is 223 cm³/mol. The second-order valence-electron chi connectivity index (χ2n) is 17.3. The monoisotopic (exact) mass is 876 g/mol. The highest BCUT2D eigenvalue weighted by Crippen LogP contribution is 2.47. The van der Waals surface area contributed by atoms with Crippen LogP contribution in [0.15, 0.2) is 54.7 Å². The number of piperidine rings is 2. The van der Waals surface area contributed by atoms with Gasteiger partial charge in [0.15, 0.2) is 0 Å². The third-order valence-electron chi connectivity index (χ3n) is 13.3. The van der Waals surface area contributed by atoms with Crippen molar-refractivity contribution >= 4 is 57.6 Å². The number of aromatic nitrogens is 3. The van der Waals surface area contributed by atoms with Gasteiger partial charge in [-0.15, -0.1) is 0 Å². The number of carbonyl (C=O) groups is 4. The molecule has 0 unspecified atom stereocenters. The molecule has 4 aromatic rings. The zero-order valence-electron chi connectivity index (χ0n) is 34.1. The summed E-state index contributed by atoms with van der Waals surface area (Å²) >= 11 is 6.42. The fraction of sp³-hybridized carbons (Fsp3) is 0.500. The number of nitrogens with zero attached hydrogens (tertiary/aromatic N) is 6. The van der Waals surface area contributed by atoms with E-state index in [4.69, 9.17) is 26.2 Å². The van der Waals surface area contributed by atoms with E-state index in [0.29, 0.717) is 65.4 Å². The van der Waals surface area contributed by atoms with Gasteiger partial charge in [-0.1, -0.05) is 17.7 Å². The minimum Gasteiger partial charge on any atom is -0.483 e. The van der Waals surface area contributed by atoms with Crippen LogP contribution in [0.5, 0.6) is 5.75 Å². The lowest BCUT2D eigenvalue weighted by Crippen LogP contribution is -2.49. The van der Waals surface area contributed by atoms with Crippen molar-refractivity contribution in [3.05, 3.63) is 76.7 Å². The van der Waals surface area contributed by atoms with Crippen molar-refractivity contribution in [1.29, 1.82) is 0 Å². The number of nitrogens with one attached hydrogen (secondary N) is 2. The van der Waals surface area contributed by atoms with Crippen LogP contribution in [0.1, 0.15) is 90.4 Å². The average Bonchev–Trinajstić information content (AvgIpc) is 3.66. The molecule has 62 heavy (non-hydrogen) atoms. The fourth-order valence-electron chi connectivity index (χ4n) is 9.54. The number of pyridine rings is 1. The van der Waals surface area contributed by atoms with E-state index in [0.717, 1.165) is 75.7 Å². The van der Waals surface area contributed by atoms with Crippen molar-refractivity contribution in [3.63, 3.8) is 0 Å². The number of hydrogen-bond donors (Lipinski definition) is 2. The Kier molecular flexibility index (Phi) is 11.6. The molecule has 2 aromatic heterocycles. The number of likely N-dealkylation sites (tertiary alicyclic amines) is 2. The number of fused-ring (bicyclic) bond motifs is 1. The van der Waals surface area contributed by atoms with Crippen LogP contribution in [0, 0.1) is 11.3 Å². The zero-order chi connectivity index (χ0) is 43.2. The SMILES string of the molecule is O=C1CCN(c2cc(C(=O)N3CCC4(CCC(CN5CCC(n6cc7cc(NC(=O)c8cccc(C(F)(F)F)n8)c(OC8COC8)cc7n6)CC5)CC4)CC3)ccc2Cl)C(=O)N1. The van der Waals surface area contributed by atoms with E-state index in [9.17, 15) is 32.3 Å². The molecule has 0 radical (unpaired) electrons. The number of amides is 5. The molecule has 1 aliphatic carbocycles. The number of ether oxygens (including phenoxy) is 2. The zero-order valence-corrected chi connectivity index (χ0v) is 34.8. The average molecular weight is 877 g/mol. The lowest BCUT2D eigenvalue weighted by molar-refractivity contribution is -0.141. The third kappa shape index (κ3) is 8.97. The van der Waals surface area contributed by atoms with Gasteiger partial charge in [-0.3, -0.25) is 29.3 Å². The standard InChI is InChI=1S/C44H48ClF3N8O6/c45-32-5-4-28(21-36(32)55-17-10-39(57)51-42(55)60)41(59)54-18-13-43(14-19-54)11-6-27(7-12-43)23-53-15-8-30(9-16-53)56-24-29-20-35(37(22-34(29)52-56)62-31-25-61-26-31)50-40(58)33-2-1-3-38(49-33)44(46,47)48/h1-5,20-22,24,27,30-31H,6-19,23,25-26H2,(H,50,58)(H,51,57,60). The Morgan fingerprint density at radius 2 is 1.71 bits per heavy atom. The van der Waals surface area contributed by atoms with Crippen LogP contribution >= 0.6 is 11.6 Å². The number of urea groups is 1. The van der Waals surface area contributed by atoms with Gasteiger partial charge in [0, 0.05) is 68.9 Å². The summed E-state index contributed by atoms with van der Waals surface area (Å²) < 4.78 is 53.3. The van der Waals surface area contributed by atoms with E-state index >= 15 is 0 Å². The smallest absolute Gasteiger partial charge is 0.433 e. The maximum atomic E-state index is 13.6. The van der Waals surface area contributed by atoms with Crippen LogP contribution in [0.25, 0.3) is 10.9 Å². The van der Waals surface area contributed by atoms with Crippen LogP contribution < -0.4 is 20.3 Å². The van der Waals surface area contributed by atoms with Crippen LogP contribution in [0.3, 0.4) is 0 Å². The van der Waals surface area contributed by atoms with Gasteiger partial charge in [-0.25, -0.2) is 9.78 Å². The highest BCUT2D eigenvalue weighted by Gasteiger charge is 2.40. The molecule has 18 heteroatoms. The molecule has 6 heterocycles. The van der Waals surface area contributed by atoms with Gasteiger partial charge in [-0.2, -0.15) is 18.3 Å². The maximum Gasteiger partial charge on any atom is 0.433 e. The highest BCUT2D eigenvalue weighted by molar-refractivity contribution is 6.34. The first-order chi connectivity index (χ1) is 29.8. The molecule has 4 saturated heterocycles. The largest absolute Gasteiger partial charge is 0.483 e. The number of imide groups is 1. The molecule has 5 amide bonds. The molecular weight excluding hydrogens is 829 g/mol. The lowest BCUT2D eigenvalue weighted by atomic mass is 9.65. The lowest BCUT2D eigenvalue weighted by Gasteiger charge is -2.47. The Bertz CT molecular complexity index is 2360. The minimum absolute atomic E-state index is 0.0757. The topological polar surface area (TPSA) is 151 Å². The molecule has 1 saturated carbocycles. The number of hydrogen-bond acceptors (Lipinski definition) is 9. The Balaban J connectivity index is 0.765. The number of benzene rings is 2. The molecule has 5 fully saturated rings. The van der Waals surface area contributed by atoms with E-state index < -0.39 is 23.8 Å². The van der Waals surface area contributed by atoms with Crippen LogP contribution in [0.2, 0.25) is 5.02 Å². The summed E-state index contributed by atoms with van der Waals surface area (Å²) in [6.07, 6.45) is 5.67. The molecule has 9 rings (SSSR count). The Morgan fingerprint density at radius 1 is 0.952 bits per heavy atom. The summed E-state index contributed by atoms with van der Waals surface area (Å²) in [4.78, 5) is 60.3. The van der Waals surface area contributed by atoms with Crippen LogP contribution in [0.4, 0.5) is 29.3 Å². The van der Waals surface area contributed by atoms with Gasteiger partial charge in [0.2, 0.25) is 5.91 Å². The molecule has 1 spiro atoms. The molecule has 2 N–H and O–H groups in total. The number of alkyl halides is 3. The maximum absolute atomic E-state index is 13.6. The van der Waals surface area contributed by atoms with Crippen molar-refractivity contribution in [2.45, 2.75) is 76.1 Å². The van der Waals surface area contributed by atoms with E-state index in [1.165, 1.54) is 23.8 Å². The molecule has 4 aliphatic heterocycles. The molecule has 0 bridgehead atoms.